The van der Waals surface area contributed by atoms with Crippen LogP contribution >= 0.6 is 12.2 Å². The van der Waals surface area contributed by atoms with Gasteiger partial charge >= 0.3 is 16.3 Å². The first-order valence-corrected chi connectivity index (χ1v) is 8.20. The van der Waals surface area contributed by atoms with Crippen molar-refractivity contribution in [2.45, 2.75) is 39.7 Å². The minimum Gasteiger partial charge on any atom is -0.446 e. The van der Waals surface area contributed by atoms with Crippen LogP contribution in [0.4, 0.5) is 4.79 Å². The number of rotatable bonds is 4. The Labute approximate surface area is 125 Å². The summed E-state index contributed by atoms with van der Waals surface area (Å²) in [4.78, 5) is 11.8. The molecule has 3 N–H and O–H groups in total. The molecule has 0 radical (unpaired) electrons. The second kappa shape index (κ2) is 6.23. The van der Waals surface area contributed by atoms with E-state index in [0.717, 1.165) is 0 Å². The van der Waals surface area contributed by atoms with Crippen molar-refractivity contribution < 1.29 is 17.9 Å². The second-order valence-corrected chi connectivity index (χ2v) is 7.50. The molecule has 0 aromatic rings. The summed E-state index contributed by atoms with van der Waals surface area (Å²) in [5.74, 6) is 0. The van der Waals surface area contributed by atoms with Gasteiger partial charge < -0.3 is 10.5 Å². The van der Waals surface area contributed by atoms with Crippen LogP contribution in [0.2, 0.25) is 0 Å². The molecule has 1 aliphatic rings. The molecule has 116 valence electrons. The van der Waals surface area contributed by atoms with Crippen molar-refractivity contribution in [3.63, 3.8) is 0 Å². The lowest BCUT2D eigenvalue weighted by Gasteiger charge is -2.37. The summed E-state index contributed by atoms with van der Waals surface area (Å²) in [6.45, 7) is 5.72. The molecule has 0 aromatic carbocycles. The molecule has 0 bridgehead atoms. The van der Waals surface area contributed by atoms with Gasteiger partial charge in [0.25, 0.3) is 0 Å². The molecular weight excluding hydrogens is 302 g/mol. The number of nitrogens with one attached hydrogen (secondary N) is 1. The molecule has 9 heteroatoms. The minimum atomic E-state index is -3.88. The van der Waals surface area contributed by atoms with Crippen LogP contribution in [0.1, 0.15) is 33.6 Å². The van der Waals surface area contributed by atoms with E-state index in [1.165, 1.54) is 4.31 Å². The van der Waals surface area contributed by atoms with Gasteiger partial charge in [-0.1, -0.05) is 19.1 Å². The molecule has 1 fully saturated rings. The number of nitrogens with zero attached hydrogens (tertiary/aromatic N) is 1. The van der Waals surface area contributed by atoms with Gasteiger partial charge in [0.15, 0.2) is 0 Å². The summed E-state index contributed by atoms with van der Waals surface area (Å²) in [6, 6.07) is 0. The maximum absolute atomic E-state index is 12.0. The van der Waals surface area contributed by atoms with E-state index < -0.39 is 16.3 Å². The molecule has 1 rings (SSSR count). The molecule has 0 aromatic heterocycles. The maximum Gasteiger partial charge on any atom is 0.422 e. The van der Waals surface area contributed by atoms with Gasteiger partial charge in [0.1, 0.15) is 0 Å². The highest BCUT2D eigenvalue weighted by Gasteiger charge is 2.37. The van der Waals surface area contributed by atoms with Crippen LogP contribution in [-0.4, -0.2) is 43.0 Å². The van der Waals surface area contributed by atoms with Crippen LogP contribution < -0.4 is 10.5 Å². The van der Waals surface area contributed by atoms with Gasteiger partial charge in [-0.05, 0) is 26.7 Å². The Morgan fingerprint density at radius 3 is 2.30 bits per heavy atom. The van der Waals surface area contributed by atoms with Gasteiger partial charge in [0.2, 0.25) is 0 Å². The third-order valence-electron chi connectivity index (χ3n) is 3.32. The molecule has 0 saturated carbocycles. The highest BCUT2D eigenvalue weighted by molar-refractivity contribution is 7.87. The normalized spacial score (nSPS) is 19.6. The zero-order chi connectivity index (χ0) is 15.6. The monoisotopic (exact) mass is 323 g/mol. The van der Waals surface area contributed by atoms with Crippen molar-refractivity contribution in [3.05, 3.63) is 0 Å². The van der Waals surface area contributed by atoms with Gasteiger partial charge in [-0.15, -0.1) is 0 Å². The molecule has 20 heavy (non-hydrogen) atoms. The lowest BCUT2D eigenvalue weighted by Crippen LogP contribution is -2.51. The summed E-state index contributed by atoms with van der Waals surface area (Å²) in [5.41, 5.74) is 5.33. The van der Waals surface area contributed by atoms with E-state index in [9.17, 15) is 13.2 Å². The number of carbonyl (C=O) groups is 1. The summed E-state index contributed by atoms with van der Waals surface area (Å²) in [6.07, 6.45) is -0.294. The molecular formula is C11H21N3O4S2. The zero-order valence-corrected chi connectivity index (χ0v) is 13.5. The zero-order valence-electron chi connectivity index (χ0n) is 11.9. The predicted molar refractivity (Wildman–Crippen MR) is 79.4 cm³/mol. The van der Waals surface area contributed by atoms with E-state index in [-0.39, 0.29) is 24.6 Å². The van der Waals surface area contributed by atoms with Gasteiger partial charge in [-0.3, -0.25) is 0 Å². The third-order valence-corrected chi connectivity index (χ3v) is 5.28. The van der Waals surface area contributed by atoms with Crippen molar-refractivity contribution in [1.82, 2.24) is 9.03 Å². The van der Waals surface area contributed by atoms with Crippen LogP contribution in [0.15, 0.2) is 0 Å². The highest BCUT2D eigenvalue weighted by Crippen LogP contribution is 2.31. The number of thiocarbonyl (C=S) groups is 1. The van der Waals surface area contributed by atoms with Crippen LogP contribution in [0.25, 0.3) is 0 Å². The summed E-state index contributed by atoms with van der Waals surface area (Å²) < 4.78 is 31.9. The average Bonchev–Trinajstić information content (AvgIpc) is 2.27. The quantitative estimate of drug-likeness (QED) is 0.740. The minimum absolute atomic E-state index is 0.262. The Kier molecular flexibility index (Phi) is 5.33. The van der Waals surface area contributed by atoms with Crippen molar-refractivity contribution in [2.75, 3.05) is 13.1 Å². The molecule has 0 atom stereocenters. The van der Waals surface area contributed by atoms with Gasteiger partial charge in [-0.2, -0.15) is 12.7 Å². The van der Waals surface area contributed by atoms with Crippen LogP contribution in [0.5, 0.6) is 0 Å². The van der Waals surface area contributed by atoms with Crippen LogP contribution in [0, 0.1) is 5.41 Å². The number of carbonyl (C=O) groups excluding carboxylic acids is 1. The predicted octanol–water partition coefficient (Wildman–Crippen LogP) is 0.754. The third kappa shape index (κ3) is 4.29. The van der Waals surface area contributed by atoms with E-state index in [0.29, 0.717) is 17.8 Å². The Balaban J connectivity index is 2.64. The number of ether oxygens (including phenoxy) is 1. The summed E-state index contributed by atoms with van der Waals surface area (Å²) in [7, 11) is -3.88. The number of piperidine rings is 1. The van der Waals surface area contributed by atoms with Gasteiger partial charge in [0, 0.05) is 18.5 Å². The number of hydrogen-bond donors (Lipinski definition) is 2. The van der Waals surface area contributed by atoms with E-state index >= 15 is 0 Å². The van der Waals surface area contributed by atoms with Gasteiger partial charge in [-0.25, -0.2) is 9.52 Å². The summed E-state index contributed by atoms with van der Waals surface area (Å²) in [5, 5.41) is 0. The van der Waals surface area contributed by atoms with Crippen LogP contribution in [-0.2, 0) is 14.9 Å². The molecule has 0 spiro atoms. The molecule has 0 unspecified atom stereocenters. The second-order valence-electron chi connectivity index (χ2n) is 5.39. The summed E-state index contributed by atoms with van der Waals surface area (Å²) >= 11 is 5.00. The van der Waals surface area contributed by atoms with Crippen molar-refractivity contribution >= 4 is 33.5 Å². The number of nitrogens with two attached hydrogens (primary N) is 1. The number of amides is 1. The molecule has 1 amide bonds. The first-order chi connectivity index (χ1) is 9.07. The Morgan fingerprint density at radius 1 is 1.40 bits per heavy atom. The molecule has 1 aliphatic heterocycles. The average molecular weight is 323 g/mol. The smallest absolute Gasteiger partial charge is 0.422 e. The fraction of sp³-hybridized carbons (Fsp3) is 0.818. The Hall–Kier alpha value is -0.930. The van der Waals surface area contributed by atoms with Gasteiger partial charge in [0.05, 0.1) is 11.1 Å². The lowest BCUT2D eigenvalue weighted by atomic mass is 9.81. The number of hydrogen-bond acceptors (Lipinski definition) is 5. The first kappa shape index (κ1) is 17.1. The SMILES string of the molecule is CC(C)OC(=O)NS(=O)(=O)N1CCC(C)(C(N)=S)CC1. The molecule has 7 nitrogen and oxygen atoms in total. The fourth-order valence-corrected chi connectivity index (χ4v) is 3.13. The molecule has 0 aliphatic carbocycles. The lowest BCUT2D eigenvalue weighted by molar-refractivity contribution is 0.120. The first-order valence-electron chi connectivity index (χ1n) is 6.35. The van der Waals surface area contributed by atoms with Crippen molar-refractivity contribution in [3.8, 4) is 0 Å². The largest absolute Gasteiger partial charge is 0.446 e. The van der Waals surface area contributed by atoms with E-state index in [4.69, 9.17) is 22.7 Å². The van der Waals surface area contributed by atoms with Crippen molar-refractivity contribution in [2.24, 2.45) is 11.1 Å². The van der Waals surface area contributed by atoms with E-state index in [1.54, 1.807) is 13.8 Å². The van der Waals surface area contributed by atoms with Crippen LogP contribution in [0.3, 0.4) is 0 Å². The topological polar surface area (TPSA) is 102 Å². The highest BCUT2D eigenvalue weighted by atomic mass is 32.2. The molecule has 1 heterocycles. The molecule has 1 saturated heterocycles. The van der Waals surface area contributed by atoms with E-state index in [2.05, 4.69) is 0 Å². The van der Waals surface area contributed by atoms with Crippen molar-refractivity contribution in [1.29, 1.82) is 0 Å². The Morgan fingerprint density at radius 2 is 1.90 bits per heavy atom. The fourth-order valence-electron chi connectivity index (χ4n) is 1.87. The Bertz CT molecular complexity index is 482. The van der Waals surface area contributed by atoms with E-state index in [1.807, 2.05) is 11.6 Å². The maximum atomic E-state index is 12.0. The standard InChI is InChI=1S/C11H21N3O4S2/c1-8(2)18-10(15)13-20(16,17)14-6-4-11(3,5-7-14)9(12)19/h8H,4-7H2,1-3H3,(H2,12,19)(H,13,15).